The van der Waals surface area contributed by atoms with Crippen molar-refractivity contribution in [1.29, 1.82) is 0 Å². The van der Waals surface area contributed by atoms with Gasteiger partial charge in [-0.2, -0.15) is 0 Å². The Hall–Kier alpha value is -3.06. The topological polar surface area (TPSA) is 65.1 Å². The van der Waals surface area contributed by atoms with Gasteiger partial charge in [-0.05, 0) is 57.1 Å². The molecule has 1 N–H and O–H groups in total. The Kier molecular flexibility index (Phi) is 8.72. The highest BCUT2D eigenvalue weighted by Gasteiger charge is 2.24. The predicted molar refractivity (Wildman–Crippen MR) is 131 cm³/mol. The molecule has 0 spiro atoms. The van der Waals surface area contributed by atoms with Crippen molar-refractivity contribution < 1.29 is 14.3 Å². The number of carbonyl (C=O) groups is 2. The summed E-state index contributed by atoms with van der Waals surface area (Å²) in [7, 11) is 4.03. The van der Waals surface area contributed by atoms with Gasteiger partial charge in [0.25, 0.3) is 0 Å². The Balaban J connectivity index is 1.64. The van der Waals surface area contributed by atoms with E-state index in [1.54, 1.807) is 4.90 Å². The van der Waals surface area contributed by atoms with E-state index in [1.807, 2.05) is 81.4 Å². The van der Waals surface area contributed by atoms with Gasteiger partial charge < -0.3 is 24.8 Å². The Bertz CT molecular complexity index is 930. The van der Waals surface area contributed by atoms with Crippen LogP contribution in [0.1, 0.15) is 30.5 Å². The van der Waals surface area contributed by atoms with Crippen molar-refractivity contribution in [2.45, 2.75) is 39.5 Å². The number of benzene rings is 2. The number of ether oxygens (including phenoxy) is 1. The maximum absolute atomic E-state index is 13.1. The van der Waals surface area contributed by atoms with Crippen molar-refractivity contribution in [2.24, 2.45) is 0 Å². The van der Waals surface area contributed by atoms with Crippen LogP contribution in [0.3, 0.4) is 0 Å². The van der Waals surface area contributed by atoms with Crippen molar-refractivity contribution in [3.8, 4) is 0 Å². The predicted octanol–water partition coefficient (Wildman–Crippen LogP) is 3.59. The Morgan fingerprint density at radius 1 is 1.06 bits per heavy atom. The highest BCUT2D eigenvalue weighted by atomic mass is 16.6. The smallest absolute Gasteiger partial charge is 0.410 e. The Labute approximate surface area is 197 Å². The molecule has 0 unspecified atom stereocenters. The lowest BCUT2D eigenvalue weighted by Crippen LogP contribution is -2.40. The number of hydrogen-bond acceptors (Lipinski definition) is 5. The normalized spacial score (nSPS) is 13.1. The van der Waals surface area contributed by atoms with Gasteiger partial charge in [-0.25, -0.2) is 4.79 Å². The summed E-state index contributed by atoms with van der Waals surface area (Å²) in [5.41, 5.74) is 4.34. The number of anilines is 1. The van der Waals surface area contributed by atoms with Crippen molar-refractivity contribution in [2.75, 3.05) is 45.6 Å². The molecule has 0 aromatic heterocycles. The molecule has 2 aromatic carbocycles. The van der Waals surface area contributed by atoms with Gasteiger partial charge in [-0.3, -0.25) is 4.79 Å². The molecule has 3 rings (SSSR count). The second kappa shape index (κ2) is 11.7. The molecular formula is C26H36N4O3. The molecule has 7 nitrogen and oxygen atoms in total. The maximum atomic E-state index is 13.1. The van der Waals surface area contributed by atoms with Crippen LogP contribution in [0.25, 0.3) is 0 Å². The monoisotopic (exact) mass is 452 g/mol. The minimum absolute atomic E-state index is 0.0660. The fraction of sp³-hybridized carbons (Fsp3) is 0.462. The number of nitrogens with one attached hydrogen (secondary N) is 1. The highest BCUT2D eigenvalue weighted by molar-refractivity contribution is 5.81. The van der Waals surface area contributed by atoms with Crippen LogP contribution in [0, 0.1) is 0 Å². The molecule has 2 amide bonds. The van der Waals surface area contributed by atoms with Gasteiger partial charge in [0.2, 0.25) is 5.91 Å². The molecule has 0 bridgehead atoms. The van der Waals surface area contributed by atoms with E-state index in [2.05, 4.69) is 10.2 Å². The van der Waals surface area contributed by atoms with Crippen LogP contribution in [-0.2, 0) is 29.0 Å². The lowest BCUT2D eigenvalue weighted by Gasteiger charge is -2.30. The average molecular weight is 453 g/mol. The first-order chi connectivity index (χ1) is 15.8. The van der Waals surface area contributed by atoms with Gasteiger partial charge in [0.05, 0.1) is 12.6 Å². The van der Waals surface area contributed by atoms with Crippen molar-refractivity contribution in [1.82, 2.24) is 14.7 Å². The largest absolute Gasteiger partial charge is 0.447 e. The van der Waals surface area contributed by atoms with Crippen LogP contribution >= 0.6 is 0 Å². The number of carbonyl (C=O) groups excluding carboxylic acids is 2. The zero-order valence-electron chi connectivity index (χ0n) is 20.2. The van der Waals surface area contributed by atoms with E-state index in [4.69, 9.17) is 4.74 Å². The van der Waals surface area contributed by atoms with Crippen molar-refractivity contribution in [3.63, 3.8) is 0 Å². The number of amides is 2. The minimum atomic E-state index is -0.276. The van der Waals surface area contributed by atoms with E-state index in [0.29, 0.717) is 26.2 Å². The number of hydrogen-bond donors (Lipinski definition) is 1. The van der Waals surface area contributed by atoms with Crippen LogP contribution in [0.4, 0.5) is 10.5 Å². The molecule has 7 heteroatoms. The summed E-state index contributed by atoms with van der Waals surface area (Å²) in [6.45, 7) is 7.14. The summed E-state index contributed by atoms with van der Waals surface area (Å²) in [6, 6.07) is 16.1. The van der Waals surface area contributed by atoms with Crippen LogP contribution in [0.15, 0.2) is 48.5 Å². The lowest BCUT2D eigenvalue weighted by molar-refractivity contribution is -0.130. The van der Waals surface area contributed by atoms with Crippen LogP contribution in [0.2, 0.25) is 0 Å². The van der Waals surface area contributed by atoms with Gasteiger partial charge in [0.1, 0.15) is 0 Å². The molecule has 2 aromatic rings. The number of nitrogens with zero attached hydrogens (tertiary/aromatic N) is 3. The first-order valence-corrected chi connectivity index (χ1v) is 11.6. The standard InChI is InChI=1S/C26H36N4O3/c1-20(2)33-26(32)30-14-13-23-22(19-30)11-8-12-24(23)27-17-25(31)29(16-15-28(3)4)18-21-9-6-5-7-10-21/h5-12,20,27H,13-19H2,1-4H3. The van der Waals surface area contributed by atoms with Crippen molar-refractivity contribution in [3.05, 3.63) is 65.2 Å². The van der Waals surface area contributed by atoms with Crippen LogP contribution in [0.5, 0.6) is 0 Å². The molecule has 0 radical (unpaired) electrons. The second-order valence-corrected chi connectivity index (χ2v) is 9.01. The summed E-state index contributed by atoms with van der Waals surface area (Å²) >= 11 is 0. The lowest BCUT2D eigenvalue weighted by atomic mass is 9.98. The van der Waals surface area contributed by atoms with E-state index < -0.39 is 0 Å². The number of likely N-dealkylation sites (N-methyl/N-ethyl adjacent to an activating group) is 1. The number of fused-ring (bicyclic) bond motifs is 1. The SMILES string of the molecule is CC(C)OC(=O)N1CCc2c(cccc2NCC(=O)N(CCN(C)C)Cc2ccccc2)C1. The molecular weight excluding hydrogens is 416 g/mol. The molecule has 33 heavy (non-hydrogen) atoms. The third-order valence-electron chi connectivity index (χ3n) is 5.68. The first-order valence-electron chi connectivity index (χ1n) is 11.6. The fourth-order valence-corrected chi connectivity index (χ4v) is 3.91. The molecule has 0 aliphatic carbocycles. The zero-order valence-corrected chi connectivity index (χ0v) is 20.2. The number of rotatable bonds is 9. The third-order valence-corrected chi connectivity index (χ3v) is 5.68. The molecule has 0 saturated carbocycles. The molecule has 178 valence electrons. The van der Waals surface area contributed by atoms with E-state index in [-0.39, 0.29) is 24.6 Å². The van der Waals surface area contributed by atoms with E-state index >= 15 is 0 Å². The quantitative estimate of drug-likeness (QED) is 0.630. The van der Waals surface area contributed by atoms with E-state index in [9.17, 15) is 9.59 Å². The van der Waals surface area contributed by atoms with E-state index in [1.165, 1.54) is 5.56 Å². The third kappa shape index (κ3) is 7.22. The molecule has 1 aliphatic heterocycles. The Morgan fingerprint density at radius 2 is 1.82 bits per heavy atom. The molecule has 0 atom stereocenters. The molecule has 0 saturated heterocycles. The van der Waals surface area contributed by atoms with Crippen LogP contribution in [-0.4, -0.2) is 73.1 Å². The van der Waals surface area contributed by atoms with Gasteiger partial charge in [-0.1, -0.05) is 42.5 Å². The fourth-order valence-electron chi connectivity index (χ4n) is 3.91. The highest BCUT2D eigenvalue weighted by Crippen LogP contribution is 2.26. The Morgan fingerprint density at radius 3 is 2.52 bits per heavy atom. The summed E-state index contributed by atoms with van der Waals surface area (Å²) < 4.78 is 5.35. The van der Waals surface area contributed by atoms with Gasteiger partial charge >= 0.3 is 6.09 Å². The van der Waals surface area contributed by atoms with Gasteiger partial charge in [0.15, 0.2) is 0 Å². The van der Waals surface area contributed by atoms with Gasteiger partial charge in [-0.15, -0.1) is 0 Å². The minimum Gasteiger partial charge on any atom is -0.447 e. The molecule has 1 aliphatic rings. The summed E-state index contributed by atoms with van der Waals surface area (Å²) in [5.74, 6) is 0.0660. The van der Waals surface area contributed by atoms with Crippen molar-refractivity contribution >= 4 is 17.7 Å². The summed E-state index contributed by atoms with van der Waals surface area (Å²) in [5, 5.41) is 3.36. The molecule has 0 fully saturated rings. The summed E-state index contributed by atoms with van der Waals surface area (Å²) in [4.78, 5) is 31.1. The zero-order chi connectivity index (χ0) is 23.8. The van der Waals surface area contributed by atoms with Gasteiger partial charge in [0, 0.05) is 38.4 Å². The van der Waals surface area contributed by atoms with Crippen LogP contribution < -0.4 is 5.32 Å². The summed E-state index contributed by atoms with van der Waals surface area (Å²) in [6.07, 6.45) is 0.319. The maximum Gasteiger partial charge on any atom is 0.410 e. The second-order valence-electron chi connectivity index (χ2n) is 9.01. The first kappa shape index (κ1) is 24.6. The average Bonchev–Trinajstić information content (AvgIpc) is 2.79. The molecule has 1 heterocycles. The van der Waals surface area contributed by atoms with E-state index in [0.717, 1.165) is 29.8 Å².